The van der Waals surface area contributed by atoms with Crippen molar-refractivity contribution in [3.63, 3.8) is 0 Å². The molecule has 1 aromatic rings. The molecule has 2 heterocycles. The summed E-state index contributed by atoms with van der Waals surface area (Å²) >= 11 is 0. The standard InChI is InChI=1S/C16H26FN3O/c1-18-15(16-6-5-13(17)12-19-16)7-10-20-9-3-2-4-14(20)8-11-21/h5-6,12,14-15,18,21H,2-4,7-11H2,1H3. The Morgan fingerprint density at radius 1 is 1.48 bits per heavy atom. The van der Waals surface area contributed by atoms with Gasteiger partial charge in [-0.05, 0) is 51.4 Å². The van der Waals surface area contributed by atoms with Gasteiger partial charge in [-0.2, -0.15) is 0 Å². The SMILES string of the molecule is CNC(CCN1CCCCC1CCO)c1ccc(F)cn1. The van der Waals surface area contributed by atoms with Crippen molar-refractivity contribution in [3.05, 3.63) is 29.8 Å². The van der Waals surface area contributed by atoms with Crippen LogP contribution in [-0.2, 0) is 0 Å². The fourth-order valence-corrected chi connectivity index (χ4v) is 3.16. The van der Waals surface area contributed by atoms with Crippen LogP contribution in [0, 0.1) is 5.82 Å². The van der Waals surface area contributed by atoms with E-state index in [2.05, 4.69) is 15.2 Å². The Kier molecular flexibility index (Phi) is 6.54. The highest BCUT2D eigenvalue weighted by Crippen LogP contribution is 2.22. The van der Waals surface area contributed by atoms with Crippen molar-refractivity contribution in [2.45, 2.75) is 44.2 Å². The zero-order valence-corrected chi connectivity index (χ0v) is 12.8. The van der Waals surface area contributed by atoms with Gasteiger partial charge >= 0.3 is 0 Å². The summed E-state index contributed by atoms with van der Waals surface area (Å²) in [5, 5.41) is 12.4. The van der Waals surface area contributed by atoms with Crippen molar-refractivity contribution in [1.82, 2.24) is 15.2 Å². The molecule has 0 spiro atoms. The third kappa shape index (κ3) is 4.73. The summed E-state index contributed by atoms with van der Waals surface area (Å²) in [7, 11) is 1.91. The molecule has 2 N–H and O–H groups in total. The van der Waals surface area contributed by atoms with Gasteiger partial charge in [0.2, 0.25) is 0 Å². The summed E-state index contributed by atoms with van der Waals surface area (Å²) in [6, 6.07) is 3.85. The number of pyridine rings is 1. The van der Waals surface area contributed by atoms with E-state index in [1.165, 1.54) is 31.5 Å². The van der Waals surface area contributed by atoms with Crippen LogP contribution in [0.4, 0.5) is 4.39 Å². The summed E-state index contributed by atoms with van der Waals surface area (Å²) in [6.45, 7) is 2.35. The number of aliphatic hydroxyl groups is 1. The van der Waals surface area contributed by atoms with E-state index in [1.54, 1.807) is 6.07 Å². The van der Waals surface area contributed by atoms with Gasteiger partial charge in [-0.15, -0.1) is 0 Å². The molecule has 4 nitrogen and oxygen atoms in total. The van der Waals surface area contributed by atoms with Gasteiger partial charge in [-0.1, -0.05) is 6.42 Å². The molecular formula is C16H26FN3O. The van der Waals surface area contributed by atoms with Gasteiger partial charge in [-0.3, -0.25) is 4.98 Å². The third-order valence-electron chi connectivity index (χ3n) is 4.37. The first-order valence-electron chi connectivity index (χ1n) is 7.88. The van der Waals surface area contributed by atoms with Gasteiger partial charge in [-0.25, -0.2) is 4.39 Å². The summed E-state index contributed by atoms with van der Waals surface area (Å²) in [5.41, 5.74) is 0.884. The van der Waals surface area contributed by atoms with E-state index in [1.807, 2.05) is 7.05 Å². The molecule has 5 heteroatoms. The van der Waals surface area contributed by atoms with Crippen molar-refractivity contribution in [3.8, 4) is 0 Å². The lowest BCUT2D eigenvalue weighted by Gasteiger charge is -2.36. The first kappa shape index (κ1) is 16.3. The molecule has 1 aliphatic rings. The number of piperidine rings is 1. The topological polar surface area (TPSA) is 48.4 Å². The number of aliphatic hydroxyl groups excluding tert-OH is 1. The quantitative estimate of drug-likeness (QED) is 0.809. The maximum Gasteiger partial charge on any atom is 0.141 e. The molecule has 0 aromatic carbocycles. The Balaban J connectivity index is 1.90. The van der Waals surface area contributed by atoms with E-state index in [0.29, 0.717) is 6.04 Å². The van der Waals surface area contributed by atoms with Crippen LogP contribution in [0.1, 0.15) is 43.8 Å². The minimum atomic E-state index is -0.298. The summed E-state index contributed by atoms with van der Waals surface area (Å²) in [6.07, 6.45) is 6.75. The number of likely N-dealkylation sites (tertiary alicyclic amines) is 1. The predicted octanol–water partition coefficient (Wildman–Crippen LogP) is 2.11. The third-order valence-corrected chi connectivity index (χ3v) is 4.37. The largest absolute Gasteiger partial charge is 0.396 e. The molecule has 1 saturated heterocycles. The first-order chi connectivity index (χ1) is 10.2. The molecule has 21 heavy (non-hydrogen) atoms. The average Bonchev–Trinajstić information content (AvgIpc) is 2.51. The second-order valence-corrected chi connectivity index (χ2v) is 5.73. The maximum atomic E-state index is 13.0. The molecule has 2 atom stereocenters. The molecule has 0 radical (unpaired) electrons. The Bertz CT molecular complexity index is 410. The van der Waals surface area contributed by atoms with Crippen molar-refractivity contribution < 1.29 is 9.50 Å². The summed E-state index contributed by atoms with van der Waals surface area (Å²) < 4.78 is 13.0. The number of aromatic nitrogens is 1. The molecular weight excluding hydrogens is 269 g/mol. The van der Waals surface area contributed by atoms with Crippen molar-refractivity contribution >= 4 is 0 Å². The van der Waals surface area contributed by atoms with Gasteiger partial charge in [0, 0.05) is 19.2 Å². The average molecular weight is 295 g/mol. The van der Waals surface area contributed by atoms with Crippen LogP contribution in [0.2, 0.25) is 0 Å². The number of rotatable bonds is 7. The fraction of sp³-hybridized carbons (Fsp3) is 0.688. The number of nitrogens with one attached hydrogen (secondary N) is 1. The Labute approximate surface area is 126 Å². The molecule has 0 amide bonds. The van der Waals surface area contributed by atoms with Gasteiger partial charge < -0.3 is 15.3 Å². The van der Waals surface area contributed by atoms with E-state index in [4.69, 9.17) is 0 Å². The number of halogens is 1. The van der Waals surface area contributed by atoms with Crippen LogP contribution in [0.25, 0.3) is 0 Å². The summed E-state index contributed by atoms with van der Waals surface area (Å²) in [4.78, 5) is 6.65. The molecule has 0 bridgehead atoms. The van der Waals surface area contributed by atoms with E-state index >= 15 is 0 Å². The van der Waals surface area contributed by atoms with Crippen LogP contribution in [0.5, 0.6) is 0 Å². The second kappa shape index (κ2) is 8.41. The molecule has 1 aromatic heterocycles. The number of hydrogen-bond acceptors (Lipinski definition) is 4. The minimum absolute atomic E-state index is 0.141. The zero-order valence-electron chi connectivity index (χ0n) is 12.8. The molecule has 118 valence electrons. The highest BCUT2D eigenvalue weighted by Gasteiger charge is 2.22. The number of hydrogen-bond donors (Lipinski definition) is 2. The van der Waals surface area contributed by atoms with Gasteiger partial charge in [0.15, 0.2) is 0 Å². The zero-order chi connectivity index (χ0) is 15.1. The van der Waals surface area contributed by atoms with Crippen LogP contribution < -0.4 is 5.32 Å². The van der Waals surface area contributed by atoms with E-state index in [9.17, 15) is 9.50 Å². The van der Waals surface area contributed by atoms with Gasteiger partial charge in [0.1, 0.15) is 5.82 Å². The highest BCUT2D eigenvalue weighted by atomic mass is 19.1. The van der Waals surface area contributed by atoms with E-state index in [0.717, 1.165) is 31.6 Å². The van der Waals surface area contributed by atoms with Crippen molar-refractivity contribution in [1.29, 1.82) is 0 Å². The lowest BCUT2D eigenvalue weighted by molar-refractivity contribution is 0.114. The molecule has 2 unspecified atom stereocenters. The van der Waals surface area contributed by atoms with Crippen molar-refractivity contribution in [2.75, 3.05) is 26.7 Å². The Hall–Kier alpha value is -1.04. The smallest absolute Gasteiger partial charge is 0.141 e. The normalized spacial score (nSPS) is 21.4. The van der Waals surface area contributed by atoms with Crippen LogP contribution in [0.3, 0.4) is 0 Å². The maximum absolute atomic E-state index is 13.0. The highest BCUT2D eigenvalue weighted by molar-refractivity contribution is 5.09. The van der Waals surface area contributed by atoms with Gasteiger partial charge in [0.25, 0.3) is 0 Å². The van der Waals surface area contributed by atoms with Crippen LogP contribution in [-0.4, -0.2) is 47.8 Å². The predicted molar refractivity (Wildman–Crippen MR) is 81.5 cm³/mol. The number of nitrogens with zero attached hydrogens (tertiary/aromatic N) is 2. The lowest BCUT2D eigenvalue weighted by Crippen LogP contribution is -2.41. The minimum Gasteiger partial charge on any atom is -0.396 e. The van der Waals surface area contributed by atoms with Gasteiger partial charge in [0.05, 0.1) is 17.9 Å². The molecule has 1 fully saturated rings. The second-order valence-electron chi connectivity index (χ2n) is 5.73. The molecule has 1 aliphatic heterocycles. The van der Waals surface area contributed by atoms with Crippen LogP contribution in [0.15, 0.2) is 18.3 Å². The fourth-order valence-electron chi connectivity index (χ4n) is 3.16. The van der Waals surface area contributed by atoms with E-state index < -0.39 is 0 Å². The first-order valence-corrected chi connectivity index (χ1v) is 7.88. The lowest BCUT2D eigenvalue weighted by atomic mass is 9.98. The van der Waals surface area contributed by atoms with Crippen LogP contribution >= 0.6 is 0 Å². The summed E-state index contributed by atoms with van der Waals surface area (Å²) in [5.74, 6) is -0.298. The Morgan fingerprint density at radius 2 is 2.33 bits per heavy atom. The monoisotopic (exact) mass is 295 g/mol. The van der Waals surface area contributed by atoms with E-state index in [-0.39, 0.29) is 18.5 Å². The molecule has 0 aliphatic carbocycles. The Morgan fingerprint density at radius 3 is 3.00 bits per heavy atom. The molecule has 0 saturated carbocycles. The van der Waals surface area contributed by atoms with Crippen molar-refractivity contribution in [2.24, 2.45) is 0 Å². The molecule has 2 rings (SSSR count).